The second kappa shape index (κ2) is 3.05. The molecule has 0 aromatic carbocycles. The number of hydrogen-bond acceptors (Lipinski definition) is 2. The highest BCUT2D eigenvalue weighted by Crippen LogP contribution is 2.15. The van der Waals surface area contributed by atoms with E-state index in [1.807, 2.05) is 17.8 Å². The number of imidazole rings is 1. The molecule has 1 aromatic rings. The van der Waals surface area contributed by atoms with E-state index in [-0.39, 0.29) is 6.04 Å². The Balaban J connectivity index is 2.76. The molecular formula is C8H15N3. The molecule has 0 aliphatic heterocycles. The Hall–Kier alpha value is -0.830. The summed E-state index contributed by atoms with van der Waals surface area (Å²) in [5.41, 5.74) is 6.85. The van der Waals surface area contributed by atoms with Crippen LogP contribution < -0.4 is 5.73 Å². The van der Waals surface area contributed by atoms with Gasteiger partial charge in [-0.15, -0.1) is 0 Å². The lowest BCUT2D eigenvalue weighted by molar-refractivity contribution is 0.504. The first-order valence-electron chi connectivity index (χ1n) is 3.84. The van der Waals surface area contributed by atoms with E-state index < -0.39 is 0 Å². The minimum atomic E-state index is 0.0659. The third-order valence-electron chi connectivity index (χ3n) is 1.78. The first-order chi connectivity index (χ1) is 5.11. The fourth-order valence-electron chi connectivity index (χ4n) is 0.947. The van der Waals surface area contributed by atoms with Gasteiger partial charge in [-0.3, -0.25) is 0 Å². The summed E-state index contributed by atoms with van der Waals surface area (Å²) in [6.07, 6.45) is 3.74. The van der Waals surface area contributed by atoms with Gasteiger partial charge in [0.05, 0.1) is 18.1 Å². The van der Waals surface area contributed by atoms with E-state index in [0.717, 1.165) is 5.69 Å². The molecular weight excluding hydrogens is 138 g/mol. The molecule has 62 valence electrons. The highest BCUT2D eigenvalue weighted by molar-refractivity contribution is 5.03. The number of nitrogens with zero attached hydrogens (tertiary/aromatic N) is 2. The fraction of sp³-hybridized carbons (Fsp3) is 0.625. The van der Waals surface area contributed by atoms with E-state index in [1.165, 1.54) is 0 Å². The van der Waals surface area contributed by atoms with Crippen LogP contribution in [0.4, 0.5) is 0 Å². The van der Waals surface area contributed by atoms with Gasteiger partial charge in [0.25, 0.3) is 0 Å². The molecule has 1 atom stereocenters. The smallest absolute Gasteiger partial charge is 0.0947 e. The maximum absolute atomic E-state index is 5.88. The summed E-state index contributed by atoms with van der Waals surface area (Å²) in [5.74, 6) is 0.449. The molecule has 3 nitrogen and oxygen atoms in total. The zero-order valence-electron chi connectivity index (χ0n) is 7.28. The van der Waals surface area contributed by atoms with Gasteiger partial charge in [0.1, 0.15) is 0 Å². The highest BCUT2D eigenvalue weighted by Gasteiger charge is 2.11. The molecule has 0 fully saturated rings. The SMILES string of the molecule is CC(C)C(N)c1cn(C)cn1. The number of aromatic nitrogens is 2. The second-order valence-corrected chi connectivity index (χ2v) is 3.23. The first kappa shape index (κ1) is 8.27. The maximum Gasteiger partial charge on any atom is 0.0947 e. The van der Waals surface area contributed by atoms with Crippen molar-refractivity contribution < 1.29 is 0 Å². The van der Waals surface area contributed by atoms with Crippen LogP contribution in [0.25, 0.3) is 0 Å². The van der Waals surface area contributed by atoms with Gasteiger partial charge in [-0.1, -0.05) is 13.8 Å². The van der Waals surface area contributed by atoms with E-state index in [0.29, 0.717) is 5.92 Å². The summed E-state index contributed by atoms with van der Waals surface area (Å²) in [7, 11) is 1.95. The third-order valence-corrected chi connectivity index (χ3v) is 1.78. The Kier molecular flexibility index (Phi) is 2.29. The Bertz CT molecular complexity index is 227. The molecule has 1 aromatic heterocycles. The largest absolute Gasteiger partial charge is 0.340 e. The predicted octanol–water partition coefficient (Wildman–Crippen LogP) is 1.08. The molecule has 2 N–H and O–H groups in total. The van der Waals surface area contributed by atoms with E-state index in [2.05, 4.69) is 18.8 Å². The number of rotatable bonds is 2. The zero-order valence-corrected chi connectivity index (χ0v) is 7.28. The highest BCUT2D eigenvalue weighted by atomic mass is 15.0. The maximum atomic E-state index is 5.88. The van der Waals surface area contributed by atoms with Gasteiger partial charge in [0.2, 0.25) is 0 Å². The normalized spacial score (nSPS) is 13.9. The zero-order chi connectivity index (χ0) is 8.43. The first-order valence-corrected chi connectivity index (χ1v) is 3.84. The monoisotopic (exact) mass is 153 g/mol. The van der Waals surface area contributed by atoms with Crippen molar-refractivity contribution in [1.82, 2.24) is 9.55 Å². The van der Waals surface area contributed by atoms with Gasteiger partial charge in [-0.25, -0.2) is 4.98 Å². The van der Waals surface area contributed by atoms with E-state index >= 15 is 0 Å². The van der Waals surface area contributed by atoms with Crippen molar-refractivity contribution in [3.8, 4) is 0 Å². The van der Waals surface area contributed by atoms with Gasteiger partial charge < -0.3 is 10.3 Å². The van der Waals surface area contributed by atoms with Crippen molar-refractivity contribution in [1.29, 1.82) is 0 Å². The van der Waals surface area contributed by atoms with Gasteiger partial charge in [-0.05, 0) is 5.92 Å². The fourth-order valence-corrected chi connectivity index (χ4v) is 0.947. The lowest BCUT2D eigenvalue weighted by Crippen LogP contribution is -2.16. The van der Waals surface area contributed by atoms with Crippen molar-refractivity contribution >= 4 is 0 Å². The molecule has 1 heterocycles. The van der Waals surface area contributed by atoms with Crippen LogP contribution in [0.3, 0.4) is 0 Å². The van der Waals surface area contributed by atoms with Crippen LogP contribution in [0.5, 0.6) is 0 Å². The van der Waals surface area contributed by atoms with Crippen LogP contribution >= 0.6 is 0 Å². The van der Waals surface area contributed by atoms with Crippen molar-refractivity contribution in [2.75, 3.05) is 0 Å². The quantitative estimate of drug-likeness (QED) is 0.690. The topological polar surface area (TPSA) is 43.8 Å². The predicted molar refractivity (Wildman–Crippen MR) is 45.0 cm³/mol. The lowest BCUT2D eigenvalue weighted by atomic mass is 10.0. The number of hydrogen-bond donors (Lipinski definition) is 1. The van der Waals surface area contributed by atoms with Crippen molar-refractivity contribution in [3.63, 3.8) is 0 Å². The average molecular weight is 153 g/mol. The van der Waals surface area contributed by atoms with Gasteiger partial charge in [-0.2, -0.15) is 0 Å². The minimum absolute atomic E-state index is 0.0659. The molecule has 11 heavy (non-hydrogen) atoms. The summed E-state index contributed by atoms with van der Waals surface area (Å²) >= 11 is 0. The summed E-state index contributed by atoms with van der Waals surface area (Å²) in [5, 5.41) is 0. The van der Waals surface area contributed by atoms with Crippen molar-refractivity contribution in [3.05, 3.63) is 18.2 Å². The third kappa shape index (κ3) is 1.80. The Labute approximate surface area is 67.2 Å². The molecule has 0 spiro atoms. The Morgan fingerprint density at radius 1 is 1.55 bits per heavy atom. The van der Waals surface area contributed by atoms with E-state index in [1.54, 1.807) is 6.33 Å². The molecule has 1 unspecified atom stereocenters. The second-order valence-electron chi connectivity index (χ2n) is 3.23. The van der Waals surface area contributed by atoms with Gasteiger partial charge in [0, 0.05) is 13.2 Å². The number of aryl methyl sites for hydroxylation is 1. The van der Waals surface area contributed by atoms with Crippen LogP contribution in [0.15, 0.2) is 12.5 Å². The summed E-state index contributed by atoms with van der Waals surface area (Å²) in [6.45, 7) is 4.19. The van der Waals surface area contributed by atoms with Crippen molar-refractivity contribution in [2.24, 2.45) is 18.7 Å². The molecule has 0 saturated carbocycles. The molecule has 0 amide bonds. The molecule has 1 rings (SSSR count). The molecule has 0 aliphatic carbocycles. The molecule has 0 aliphatic rings. The summed E-state index contributed by atoms with van der Waals surface area (Å²) in [4.78, 5) is 4.17. The van der Waals surface area contributed by atoms with Gasteiger partial charge >= 0.3 is 0 Å². The van der Waals surface area contributed by atoms with Crippen LogP contribution in [-0.2, 0) is 7.05 Å². The Morgan fingerprint density at radius 2 is 2.18 bits per heavy atom. The van der Waals surface area contributed by atoms with E-state index in [4.69, 9.17) is 5.73 Å². The molecule has 3 heteroatoms. The summed E-state index contributed by atoms with van der Waals surface area (Å²) < 4.78 is 1.91. The van der Waals surface area contributed by atoms with Crippen LogP contribution in [0.1, 0.15) is 25.6 Å². The molecule has 0 radical (unpaired) electrons. The van der Waals surface area contributed by atoms with Gasteiger partial charge in [0.15, 0.2) is 0 Å². The van der Waals surface area contributed by atoms with Crippen molar-refractivity contribution in [2.45, 2.75) is 19.9 Å². The minimum Gasteiger partial charge on any atom is -0.340 e. The average Bonchev–Trinajstić information content (AvgIpc) is 2.34. The standard InChI is InChI=1S/C8H15N3/c1-6(2)8(9)7-4-11(3)5-10-7/h4-6,8H,9H2,1-3H3. The number of nitrogens with two attached hydrogens (primary N) is 1. The Morgan fingerprint density at radius 3 is 2.55 bits per heavy atom. The van der Waals surface area contributed by atoms with Crippen LogP contribution in [0.2, 0.25) is 0 Å². The lowest BCUT2D eigenvalue weighted by Gasteiger charge is -2.11. The van der Waals surface area contributed by atoms with E-state index in [9.17, 15) is 0 Å². The van der Waals surface area contributed by atoms with Crippen LogP contribution in [0, 0.1) is 5.92 Å². The summed E-state index contributed by atoms with van der Waals surface area (Å²) in [6, 6.07) is 0.0659. The molecule has 0 bridgehead atoms. The molecule has 0 saturated heterocycles. The van der Waals surface area contributed by atoms with Crippen LogP contribution in [-0.4, -0.2) is 9.55 Å².